The lowest BCUT2D eigenvalue weighted by molar-refractivity contribution is -0.147. The summed E-state index contributed by atoms with van der Waals surface area (Å²) in [6.45, 7) is 8.13. The molecule has 0 aliphatic carbocycles. The summed E-state index contributed by atoms with van der Waals surface area (Å²) < 4.78 is 10.4. The number of hydrogen-bond donors (Lipinski definition) is 0. The number of aryl methyl sites for hydroxylation is 1. The van der Waals surface area contributed by atoms with Crippen LogP contribution in [0.3, 0.4) is 0 Å². The normalized spacial score (nSPS) is 13.0. The highest BCUT2D eigenvalue weighted by Gasteiger charge is 2.25. The van der Waals surface area contributed by atoms with Gasteiger partial charge in [-0.2, -0.15) is 0 Å². The number of methoxy groups -OCH3 is 1. The third kappa shape index (κ3) is 5.87. The van der Waals surface area contributed by atoms with Crippen LogP contribution in [0.15, 0.2) is 24.3 Å². The van der Waals surface area contributed by atoms with Crippen LogP contribution in [-0.4, -0.2) is 43.1 Å². The zero-order valence-electron chi connectivity index (χ0n) is 15.4. The number of benzene rings is 1. The van der Waals surface area contributed by atoms with Gasteiger partial charge in [0.1, 0.15) is 5.75 Å². The van der Waals surface area contributed by atoms with Gasteiger partial charge >= 0.3 is 5.97 Å². The maximum atomic E-state index is 12.5. The summed E-state index contributed by atoms with van der Waals surface area (Å²) in [6, 6.07) is 7.76. The first kappa shape index (κ1) is 20.0. The van der Waals surface area contributed by atoms with Crippen molar-refractivity contribution < 1.29 is 19.1 Å². The number of amides is 1. The van der Waals surface area contributed by atoms with Gasteiger partial charge in [0.05, 0.1) is 13.0 Å². The van der Waals surface area contributed by atoms with Crippen LogP contribution in [0.4, 0.5) is 0 Å². The van der Waals surface area contributed by atoms with Gasteiger partial charge in [0.2, 0.25) is 0 Å². The van der Waals surface area contributed by atoms with E-state index in [0.717, 1.165) is 12.8 Å². The molecule has 0 aliphatic heterocycles. The number of hydrogen-bond acceptors (Lipinski definition) is 4. The number of carbonyl (C=O) groups is 2. The van der Waals surface area contributed by atoms with Gasteiger partial charge < -0.3 is 14.4 Å². The Bertz CT molecular complexity index is 527. The molecule has 5 heteroatoms. The molecule has 0 aliphatic rings. The Labute approximate surface area is 144 Å². The van der Waals surface area contributed by atoms with E-state index in [1.54, 1.807) is 11.8 Å². The zero-order valence-corrected chi connectivity index (χ0v) is 15.4. The maximum Gasteiger partial charge on any atom is 0.310 e. The van der Waals surface area contributed by atoms with Crippen LogP contribution in [0.5, 0.6) is 5.75 Å². The second-order valence-corrected chi connectivity index (χ2v) is 6.01. The monoisotopic (exact) mass is 335 g/mol. The molecule has 0 saturated heterocycles. The molecule has 0 radical (unpaired) electrons. The molecule has 24 heavy (non-hydrogen) atoms. The van der Waals surface area contributed by atoms with Crippen LogP contribution in [0, 0.1) is 5.92 Å². The van der Waals surface area contributed by atoms with Crippen molar-refractivity contribution in [3.8, 4) is 5.75 Å². The van der Waals surface area contributed by atoms with E-state index in [1.165, 1.54) is 12.7 Å². The largest absolute Gasteiger partial charge is 0.484 e. The summed E-state index contributed by atoms with van der Waals surface area (Å²) in [6.07, 6.45) is 1.78. The van der Waals surface area contributed by atoms with Gasteiger partial charge in [-0.3, -0.25) is 9.59 Å². The van der Waals surface area contributed by atoms with Crippen molar-refractivity contribution in [3.05, 3.63) is 29.8 Å². The molecule has 2 unspecified atom stereocenters. The first-order valence-electron chi connectivity index (χ1n) is 8.51. The van der Waals surface area contributed by atoms with E-state index in [-0.39, 0.29) is 30.4 Å². The number of esters is 1. The molecule has 2 atom stereocenters. The summed E-state index contributed by atoms with van der Waals surface area (Å²) in [5.74, 6) is -0.130. The lowest BCUT2D eigenvalue weighted by atomic mass is 10.1. The average molecular weight is 335 g/mol. The number of ether oxygens (including phenoxy) is 2. The third-order valence-electron chi connectivity index (χ3n) is 4.21. The Morgan fingerprint density at radius 3 is 2.25 bits per heavy atom. The van der Waals surface area contributed by atoms with Crippen molar-refractivity contribution in [1.29, 1.82) is 0 Å². The summed E-state index contributed by atoms with van der Waals surface area (Å²) in [5, 5.41) is 0. The van der Waals surface area contributed by atoms with E-state index >= 15 is 0 Å². The van der Waals surface area contributed by atoms with Crippen molar-refractivity contribution in [2.24, 2.45) is 5.92 Å². The molecule has 0 N–H and O–H groups in total. The summed E-state index contributed by atoms with van der Waals surface area (Å²) in [7, 11) is 1.36. The van der Waals surface area contributed by atoms with Crippen molar-refractivity contribution in [2.75, 3.05) is 20.3 Å². The van der Waals surface area contributed by atoms with E-state index in [1.807, 2.05) is 38.1 Å². The Hall–Kier alpha value is -2.04. The van der Waals surface area contributed by atoms with Gasteiger partial charge in [-0.15, -0.1) is 0 Å². The fourth-order valence-corrected chi connectivity index (χ4v) is 2.37. The molecule has 1 rings (SSSR count). The quantitative estimate of drug-likeness (QED) is 0.651. The van der Waals surface area contributed by atoms with Crippen molar-refractivity contribution in [3.63, 3.8) is 0 Å². The highest BCUT2D eigenvalue weighted by atomic mass is 16.5. The molecule has 0 bridgehead atoms. The van der Waals surface area contributed by atoms with E-state index in [9.17, 15) is 9.59 Å². The van der Waals surface area contributed by atoms with Crippen LogP contribution in [0.2, 0.25) is 0 Å². The first-order chi connectivity index (χ1) is 11.4. The molecule has 0 fully saturated rings. The van der Waals surface area contributed by atoms with Crippen molar-refractivity contribution in [1.82, 2.24) is 4.90 Å². The van der Waals surface area contributed by atoms with E-state index in [4.69, 9.17) is 9.47 Å². The van der Waals surface area contributed by atoms with Crippen LogP contribution in [0.25, 0.3) is 0 Å². The molecule has 1 aromatic carbocycles. The highest BCUT2D eigenvalue weighted by Crippen LogP contribution is 2.14. The summed E-state index contributed by atoms with van der Waals surface area (Å²) >= 11 is 0. The second-order valence-electron chi connectivity index (χ2n) is 6.01. The molecule has 0 spiro atoms. The van der Waals surface area contributed by atoms with Crippen LogP contribution in [0.1, 0.15) is 39.7 Å². The zero-order chi connectivity index (χ0) is 18.1. The molecule has 1 amide bonds. The van der Waals surface area contributed by atoms with Crippen LogP contribution >= 0.6 is 0 Å². The Kier molecular flexibility index (Phi) is 8.30. The topological polar surface area (TPSA) is 55.8 Å². The van der Waals surface area contributed by atoms with Gasteiger partial charge in [-0.05, 0) is 37.5 Å². The molecule has 1 aromatic rings. The molecule has 134 valence electrons. The lowest BCUT2D eigenvalue weighted by Gasteiger charge is -2.30. The van der Waals surface area contributed by atoms with Crippen LogP contribution < -0.4 is 4.74 Å². The molecule has 0 saturated carbocycles. The Balaban J connectivity index is 2.68. The second kappa shape index (κ2) is 9.96. The van der Waals surface area contributed by atoms with Crippen molar-refractivity contribution >= 4 is 11.9 Å². The smallest absolute Gasteiger partial charge is 0.310 e. The molecule has 0 heterocycles. The number of rotatable bonds is 9. The summed E-state index contributed by atoms with van der Waals surface area (Å²) in [5.41, 5.74) is 1.22. The highest BCUT2D eigenvalue weighted by molar-refractivity contribution is 5.79. The number of nitrogens with zero attached hydrogens (tertiary/aromatic N) is 1. The first-order valence-corrected chi connectivity index (χ1v) is 8.51. The fraction of sp³-hybridized carbons (Fsp3) is 0.579. The minimum absolute atomic E-state index is 0.0377. The maximum absolute atomic E-state index is 12.5. The molecule has 5 nitrogen and oxygen atoms in total. The van der Waals surface area contributed by atoms with Crippen molar-refractivity contribution in [2.45, 2.75) is 46.6 Å². The summed E-state index contributed by atoms with van der Waals surface area (Å²) in [4.78, 5) is 25.9. The van der Waals surface area contributed by atoms with Gasteiger partial charge in [-0.25, -0.2) is 0 Å². The van der Waals surface area contributed by atoms with Gasteiger partial charge in [0.25, 0.3) is 5.91 Å². The SMILES string of the molecule is CCc1ccc(OCC(=O)N(CC(C)C(=O)OC)C(C)CC)cc1. The van der Waals surface area contributed by atoms with E-state index < -0.39 is 0 Å². The van der Waals surface area contributed by atoms with Gasteiger partial charge in [-0.1, -0.05) is 32.9 Å². The minimum atomic E-state index is -0.364. The molecular formula is C19H29NO4. The van der Waals surface area contributed by atoms with Gasteiger partial charge in [0.15, 0.2) is 6.61 Å². The molecular weight excluding hydrogens is 306 g/mol. The number of carbonyl (C=O) groups excluding carboxylic acids is 2. The van der Waals surface area contributed by atoms with E-state index in [2.05, 4.69) is 6.92 Å². The minimum Gasteiger partial charge on any atom is -0.484 e. The lowest BCUT2D eigenvalue weighted by Crippen LogP contribution is -2.44. The Morgan fingerprint density at radius 1 is 1.12 bits per heavy atom. The average Bonchev–Trinajstić information content (AvgIpc) is 2.62. The van der Waals surface area contributed by atoms with Gasteiger partial charge in [0, 0.05) is 12.6 Å². The van der Waals surface area contributed by atoms with E-state index in [0.29, 0.717) is 12.3 Å². The predicted octanol–water partition coefficient (Wildman–Crippen LogP) is 3.06. The third-order valence-corrected chi connectivity index (χ3v) is 4.21. The Morgan fingerprint density at radius 2 is 1.75 bits per heavy atom. The standard InChI is InChI=1S/C19H29NO4/c1-6-15(4)20(12-14(3)19(22)23-5)18(21)13-24-17-10-8-16(7-2)9-11-17/h8-11,14-15H,6-7,12-13H2,1-5H3. The van der Waals surface area contributed by atoms with Crippen LogP contribution in [-0.2, 0) is 20.7 Å². The predicted molar refractivity (Wildman–Crippen MR) is 94.0 cm³/mol. The molecule has 0 aromatic heterocycles. The fourth-order valence-electron chi connectivity index (χ4n) is 2.37.